The number of carbonyl (C=O) groups excluding carboxylic acids is 1. The molecule has 1 fully saturated rings. The van der Waals surface area contributed by atoms with Crippen LogP contribution in [0, 0.1) is 5.92 Å². The number of carbonyl (C=O) groups is 1. The van der Waals surface area contributed by atoms with Crippen molar-refractivity contribution in [2.45, 2.75) is 19.0 Å². The van der Waals surface area contributed by atoms with Crippen LogP contribution >= 0.6 is 0 Å². The average Bonchev–Trinajstić information content (AvgIpc) is 2.66. The van der Waals surface area contributed by atoms with Gasteiger partial charge in [-0.1, -0.05) is 0 Å². The van der Waals surface area contributed by atoms with Crippen LogP contribution in [0.1, 0.15) is 12.8 Å². The van der Waals surface area contributed by atoms with E-state index in [1.165, 1.54) is 0 Å². The van der Waals surface area contributed by atoms with Crippen LogP contribution in [0.4, 0.5) is 5.69 Å². The Kier molecular flexibility index (Phi) is 3.36. The number of nitrogens with one attached hydrogen (secondary N) is 2. The van der Waals surface area contributed by atoms with Crippen LogP contribution in [-0.2, 0) is 4.79 Å². The van der Waals surface area contributed by atoms with Gasteiger partial charge in [0.25, 0.3) is 0 Å². The van der Waals surface area contributed by atoms with Gasteiger partial charge in [-0.25, -0.2) is 0 Å². The smallest absolute Gasteiger partial charge is 0.223 e. The molecule has 1 saturated heterocycles. The molecular weight excluding hydrogens is 204 g/mol. The third-order valence-electron chi connectivity index (χ3n) is 2.73. The van der Waals surface area contributed by atoms with Gasteiger partial charge in [-0.3, -0.25) is 9.78 Å². The van der Waals surface area contributed by atoms with Gasteiger partial charge >= 0.3 is 0 Å². The van der Waals surface area contributed by atoms with Gasteiger partial charge in [-0.05, 0) is 25.0 Å². The molecule has 1 aromatic rings. The molecule has 0 bridgehead atoms. The van der Waals surface area contributed by atoms with E-state index in [1.807, 2.05) is 12.1 Å². The topological polar surface area (TPSA) is 80.0 Å². The number of hydrogen-bond donors (Lipinski definition) is 3. The standard InChI is InChI=1S/C11H16N4O/c12-10(7-8-1-6-14-11(8)16)15-9-2-4-13-5-3-9/h2-5,8,10H,1,6-7,12H2,(H,13,15)(H,14,16). The molecule has 2 heterocycles. The van der Waals surface area contributed by atoms with E-state index in [2.05, 4.69) is 15.6 Å². The normalized spacial score (nSPS) is 21.6. The van der Waals surface area contributed by atoms with Gasteiger partial charge in [0.1, 0.15) is 0 Å². The van der Waals surface area contributed by atoms with Crippen LogP contribution < -0.4 is 16.4 Å². The third-order valence-corrected chi connectivity index (χ3v) is 2.73. The highest BCUT2D eigenvalue weighted by molar-refractivity contribution is 5.80. The molecule has 1 aliphatic rings. The predicted octanol–water partition coefficient (Wildman–Crippen LogP) is 0.305. The zero-order valence-corrected chi connectivity index (χ0v) is 9.02. The molecule has 4 N–H and O–H groups in total. The molecule has 5 nitrogen and oxygen atoms in total. The Balaban J connectivity index is 1.84. The van der Waals surface area contributed by atoms with E-state index in [0.29, 0.717) is 6.42 Å². The Morgan fingerprint density at radius 3 is 2.94 bits per heavy atom. The van der Waals surface area contributed by atoms with Crippen molar-refractivity contribution in [3.63, 3.8) is 0 Å². The molecule has 0 spiro atoms. The summed E-state index contributed by atoms with van der Waals surface area (Å²) in [5, 5.41) is 5.95. The van der Waals surface area contributed by atoms with Crippen LogP contribution in [0.15, 0.2) is 24.5 Å². The second-order valence-electron chi connectivity index (χ2n) is 4.00. The number of rotatable bonds is 4. The van der Waals surface area contributed by atoms with Crippen LogP contribution in [0.2, 0.25) is 0 Å². The zero-order chi connectivity index (χ0) is 11.4. The van der Waals surface area contributed by atoms with Crippen molar-refractivity contribution in [1.82, 2.24) is 10.3 Å². The Labute approximate surface area is 94.4 Å². The molecular formula is C11H16N4O. The van der Waals surface area contributed by atoms with Gasteiger partial charge < -0.3 is 16.4 Å². The summed E-state index contributed by atoms with van der Waals surface area (Å²) < 4.78 is 0. The minimum atomic E-state index is -0.198. The lowest BCUT2D eigenvalue weighted by Crippen LogP contribution is -2.34. The van der Waals surface area contributed by atoms with E-state index < -0.39 is 0 Å². The summed E-state index contributed by atoms with van der Waals surface area (Å²) in [4.78, 5) is 15.3. The largest absolute Gasteiger partial charge is 0.370 e. The van der Waals surface area contributed by atoms with Crippen LogP contribution in [0.5, 0.6) is 0 Å². The van der Waals surface area contributed by atoms with Crippen molar-refractivity contribution < 1.29 is 4.79 Å². The molecule has 86 valence electrons. The van der Waals surface area contributed by atoms with E-state index >= 15 is 0 Å². The van der Waals surface area contributed by atoms with Crippen molar-refractivity contribution >= 4 is 11.6 Å². The van der Waals surface area contributed by atoms with E-state index in [1.54, 1.807) is 12.4 Å². The van der Waals surface area contributed by atoms with Gasteiger partial charge in [-0.15, -0.1) is 0 Å². The fourth-order valence-corrected chi connectivity index (χ4v) is 1.90. The summed E-state index contributed by atoms with van der Waals surface area (Å²) in [7, 11) is 0. The van der Waals surface area contributed by atoms with E-state index in [0.717, 1.165) is 18.7 Å². The molecule has 16 heavy (non-hydrogen) atoms. The highest BCUT2D eigenvalue weighted by atomic mass is 16.2. The van der Waals surface area contributed by atoms with Gasteiger partial charge in [0.15, 0.2) is 0 Å². The summed E-state index contributed by atoms with van der Waals surface area (Å²) >= 11 is 0. The fourth-order valence-electron chi connectivity index (χ4n) is 1.90. The lowest BCUT2D eigenvalue weighted by molar-refractivity contribution is -0.122. The Morgan fingerprint density at radius 2 is 2.31 bits per heavy atom. The van der Waals surface area contributed by atoms with Crippen molar-refractivity contribution in [1.29, 1.82) is 0 Å². The summed E-state index contributed by atoms with van der Waals surface area (Å²) in [6.07, 6.45) is 4.75. The minimum Gasteiger partial charge on any atom is -0.370 e. The average molecular weight is 220 g/mol. The summed E-state index contributed by atoms with van der Waals surface area (Å²) in [5.41, 5.74) is 6.87. The van der Waals surface area contributed by atoms with Crippen molar-refractivity contribution in [2.24, 2.45) is 11.7 Å². The number of anilines is 1. The highest BCUT2D eigenvalue weighted by Gasteiger charge is 2.25. The predicted molar refractivity (Wildman–Crippen MR) is 61.6 cm³/mol. The Hall–Kier alpha value is -1.62. The maximum absolute atomic E-state index is 11.4. The molecule has 2 atom stereocenters. The molecule has 1 aromatic heterocycles. The first-order valence-electron chi connectivity index (χ1n) is 5.45. The SMILES string of the molecule is NC(CC1CCNC1=O)Nc1ccncc1. The van der Waals surface area contributed by atoms with Gasteiger partial charge in [0, 0.05) is 30.5 Å². The number of amides is 1. The summed E-state index contributed by atoms with van der Waals surface area (Å²) in [6.45, 7) is 0.769. The second-order valence-corrected chi connectivity index (χ2v) is 4.00. The van der Waals surface area contributed by atoms with Crippen LogP contribution in [0.3, 0.4) is 0 Å². The first-order chi connectivity index (χ1) is 7.75. The van der Waals surface area contributed by atoms with E-state index in [4.69, 9.17) is 5.73 Å². The molecule has 0 saturated carbocycles. The highest BCUT2D eigenvalue weighted by Crippen LogP contribution is 2.16. The molecule has 0 aliphatic carbocycles. The van der Waals surface area contributed by atoms with Crippen molar-refractivity contribution in [3.05, 3.63) is 24.5 Å². The first-order valence-corrected chi connectivity index (χ1v) is 5.45. The molecule has 0 radical (unpaired) electrons. The molecule has 2 unspecified atom stereocenters. The lowest BCUT2D eigenvalue weighted by Gasteiger charge is -2.17. The lowest BCUT2D eigenvalue weighted by atomic mass is 10.0. The van der Waals surface area contributed by atoms with Gasteiger partial charge in [-0.2, -0.15) is 0 Å². The van der Waals surface area contributed by atoms with E-state index in [9.17, 15) is 4.79 Å². The van der Waals surface area contributed by atoms with Crippen molar-refractivity contribution in [2.75, 3.05) is 11.9 Å². The summed E-state index contributed by atoms with van der Waals surface area (Å²) in [5.74, 6) is 0.163. The molecule has 1 amide bonds. The molecule has 1 aliphatic heterocycles. The van der Waals surface area contributed by atoms with Crippen molar-refractivity contribution in [3.8, 4) is 0 Å². The number of nitrogens with zero attached hydrogens (tertiary/aromatic N) is 1. The van der Waals surface area contributed by atoms with E-state index in [-0.39, 0.29) is 18.0 Å². The summed E-state index contributed by atoms with van der Waals surface area (Å²) in [6, 6.07) is 3.71. The molecule has 0 aromatic carbocycles. The molecule has 2 rings (SSSR count). The third kappa shape index (κ3) is 2.70. The number of pyridine rings is 1. The zero-order valence-electron chi connectivity index (χ0n) is 9.02. The second kappa shape index (κ2) is 4.94. The fraction of sp³-hybridized carbons (Fsp3) is 0.455. The maximum atomic E-state index is 11.4. The number of aromatic nitrogens is 1. The van der Waals surface area contributed by atoms with Crippen LogP contribution in [-0.4, -0.2) is 23.6 Å². The monoisotopic (exact) mass is 220 g/mol. The number of hydrogen-bond acceptors (Lipinski definition) is 4. The minimum absolute atomic E-state index is 0.0457. The number of nitrogens with two attached hydrogens (primary N) is 1. The van der Waals surface area contributed by atoms with Crippen LogP contribution in [0.25, 0.3) is 0 Å². The maximum Gasteiger partial charge on any atom is 0.223 e. The molecule has 5 heteroatoms. The van der Waals surface area contributed by atoms with Gasteiger partial charge in [0.2, 0.25) is 5.91 Å². The Bertz CT molecular complexity index is 354. The quantitative estimate of drug-likeness (QED) is 0.638. The first kappa shape index (κ1) is 10.9. The van der Waals surface area contributed by atoms with Gasteiger partial charge in [0.05, 0.1) is 6.17 Å². The Morgan fingerprint density at radius 1 is 1.56 bits per heavy atom.